The normalized spacial score (nSPS) is 9.94. The molecule has 88 valence electrons. The average molecular weight is 226 g/mol. The van der Waals surface area contributed by atoms with Crippen molar-refractivity contribution < 1.29 is 23.5 Å². The van der Waals surface area contributed by atoms with Crippen LogP contribution in [-0.4, -0.2) is 25.7 Å². The van der Waals surface area contributed by atoms with Crippen molar-refractivity contribution in [3.8, 4) is 0 Å². The van der Waals surface area contributed by atoms with E-state index in [1.54, 1.807) is 6.92 Å². The molecule has 0 aliphatic rings. The number of methoxy groups -OCH3 is 1. The van der Waals surface area contributed by atoms with Gasteiger partial charge in [0, 0.05) is 6.42 Å². The molecule has 0 aliphatic heterocycles. The van der Waals surface area contributed by atoms with Gasteiger partial charge in [-0.25, -0.2) is 9.59 Å². The fourth-order valence-electron chi connectivity index (χ4n) is 1.35. The number of carbonyl (C=O) groups excluding carboxylic acids is 2. The molecule has 0 saturated carbocycles. The molecule has 0 aliphatic carbocycles. The van der Waals surface area contributed by atoms with Gasteiger partial charge in [0.25, 0.3) is 0 Å². The van der Waals surface area contributed by atoms with E-state index in [4.69, 9.17) is 9.15 Å². The highest BCUT2D eigenvalue weighted by Gasteiger charge is 2.25. The monoisotopic (exact) mass is 226 g/mol. The van der Waals surface area contributed by atoms with E-state index in [0.29, 0.717) is 12.2 Å². The van der Waals surface area contributed by atoms with E-state index < -0.39 is 11.9 Å². The molecular weight excluding hydrogens is 212 g/mol. The number of ether oxygens (including phenoxy) is 2. The van der Waals surface area contributed by atoms with Crippen LogP contribution in [0.2, 0.25) is 0 Å². The van der Waals surface area contributed by atoms with Crippen LogP contribution in [0.25, 0.3) is 0 Å². The van der Waals surface area contributed by atoms with Gasteiger partial charge in [-0.2, -0.15) is 0 Å². The maximum atomic E-state index is 11.6. The van der Waals surface area contributed by atoms with E-state index in [0.717, 1.165) is 0 Å². The number of hydrogen-bond donors (Lipinski definition) is 0. The Kier molecular flexibility index (Phi) is 4.10. The Labute approximate surface area is 93.3 Å². The lowest BCUT2D eigenvalue weighted by Crippen LogP contribution is -2.12. The number of rotatable bonds is 4. The number of esters is 2. The van der Waals surface area contributed by atoms with Gasteiger partial charge in [0.1, 0.15) is 23.2 Å². The first kappa shape index (κ1) is 12.3. The highest BCUT2D eigenvalue weighted by Crippen LogP contribution is 2.20. The first-order valence-electron chi connectivity index (χ1n) is 5.01. The lowest BCUT2D eigenvalue weighted by Gasteiger charge is -2.03. The van der Waals surface area contributed by atoms with Crippen LogP contribution in [0.1, 0.15) is 40.3 Å². The first-order valence-corrected chi connectivity index (χ1v) is 5.01. The number of carbonyl (C=O) groups is 2. The van der Waals surface area contributed by atoms with Crippen molar-refractivity contribution in [1.29, 1.82) is 0 Å². The summed E-state index contributed by atoms with van der Waals surface area (Å²) < 4.78 is 14.5. The van der Waals surface area contributed by atoms with E-state index in [1.807, 2.05) is 6.92 Å². The molecule has 1 aromatic rings. The molecule has 0 N–H and O–H groups in total. The molecule has 1 aromatic heterocycles. The van der Waals surface area contributed by atoms with Crippen molar-refractivity contribution in [3.63, 3.8) is 0 Å². The second kappa shape index (κ2) is 5.34. The van der Waals surface area contributed by atoms with Gasteiger partial charge in [0.15, 0.2) is 0 Å². The van der Waals surface area contributed by atoms with E-state index in [9.17, 15) is 9.59 Å². The SMILES string of the molecule is CCOC(=O)c1c(C(=O)OC)coc1CC. The molecule has 5 nitrogen and oxygen atoms in total. The summed E-state index contributed by atoms with van der Waals surface area (Å²) in [7, 11) is 1.25. The minimum absolute atomic E-state index is 0.109. The van der Waals surface area contributed by atoms with Gasteiger partial charge in [-0.15, -0.1) is 0 Å². The van der Waals surface area contributed by atoms with Crippen LogP contribution in [0.4, 0.5) is 0 Å². The van der Waals surface area contributed by atoms with Crippen LogP contribution < -0.4 is 0 Å². The van der Waals surface area contributed by atoms with Gasteiger partial charge in [-0.1, -0.05) is 6.92 Å². The minimum atomic E-state index is -0.605. The number of furan rings is 1. The van der Waals surface area contributed by atoms with Crippen molar-refractivity contribution in [3.05, 3.63) is 23.2 Å². The summed E-state index contributed by atoms with van der Waals surface area (Å²) in [6, 6.07) is 0. The van der Waals surface area contributed by atoms with Crippen molar-refractivity contribution in [2.75, 3.05) is 13.7 Å². The Morgan fingerprint density at radius 1 is 1.31 bits per heavy atom. The van der Waals surface area contributed by atoms with Gasteiger partial charge in [0.05, 0.1) is 13.7 Å². The van der Waals surface area contributed by atoms with Gasteiger partial charge >= 0.3 is 11.9 Å². The fourth-order valence-corrected chi connectivity index (χ4v) is 1.35. The summed E-state index contributed by atoms with van der Waals surface area (Å²) in [6.45, 7) is 3.76. The topological polar surface area (TPSA) is 65.7 Å². The average Bonchev–Trinajstić information content (AvgIpc) is 2.71. The zero-order chi connectivity index (χ0) is 12.1. The fraction of sp³-hybridized carbons (Fsp3) is 0.455. The molecule has 0 unspecified atom stereocenters. The maximum Gasteiger partial charge on any atom is 0.342 e. The molecule has 5 heteroatoms. The third-order valence-corrected chi connectivity index (χ3v) is 2.07. The Bertz CT molecular complexity index is 391. The van der Waals surface area contributed by atoms with Gasteiger partial charge in [-0.05, 0) is 6.92 Å². The molecule has 0 fully saturated rings. The third kappa shape index (κ3) is 2.24. The van der Waals surface area contributed by atoms with Crippen LogP contribution in [0, 0.1) is 0 Å². The smallest absolute Gasteiger partial charge is 0.342 e. The molecule has 0 saturated heterocycles. The molecular formula is C11H14O5. The van der Waals surface area contributed by atoms with Crippen molar-refractivity contribution in [2.45, 2.75) is 20.3 Å². The lowest BCUT2D eigenvalue weighted by molar-refractivity contribution is 0.0503. The van der Waals surface area contributed by atoms with Crippen LogP contribution in [0.3, 0.4) is 0 Å². The predicted octanol–water partition coefficient (Wildman–Crippen LogP) is 1.81. The molecule has 1 heterocycles. The number of aryl methyl sites for hydroxylation is 1. The highest BCUT2D eigenvalue weighted by molar-refractivity contribution is 6.03. The Morgan fingerprint density at radius 3 is 2.50 bits per heavy atom. The minimum Gasteiger partial charge on any atom is -0.468 e. The molecule has 0 atom stereocenters. The zero-order valence-electron chi connectivity index (χ0n) is 9.53. The largest absolute Gasteiger partial charge is 0.468 e. The van der Waals surface area contributed by atoms with Crippen molar-refractivity contribution >= 4 is 11.9 Å². The second-order valence-electron chi connectivity index (χ2n) is 3.01. The molecule has 0 aromatic carbocycles. The molecule has 1 rings (SSSR count). The molecule has 0 amide bonds. The summed E-state index contributed by atoms with van der Waals surface area (Å²) in [5, 5.41) is 0. The quantitative estimate of drug-likeness (QED) is 0.732. The van der Waals surface area contributed by atoms with E-state index in [2.05, 4.69) is 4.74 Å². The van der Waals surface area contributed by atoms with Crippen molar-refractivity contribution in [1.82, 2.24) is 0 Å². The predicted molar refractivity (Wildman–Crippen MR) is 55.4 cm³/mol. The van der Waals surface area contributed by atoms with Crippen LogP contribution >= 0.6 is 0 Å². The molecule has 0 spiro atoms. The zero-order valence-corrected chi connectivity index (χ0v) is 9.53. The van der Waals surface area contributed by atoms with Gasteiger partial charge in [-0.3, -0.25) is 0 Å². The molecule has 0 bridgehead atoms. The highest BCUT2D eigenvalue weighted by atomic mass is 16.5. The summed E-state index contributed by atoms with van der Waals surface area (Å²) >= 11 is 0. The Hall–Kier alpha value is -1.78. The Balaban J connectivity index is 3.15. The van der Waals surface area contributed by atoms with Crippen LogP contribution in [-0.2, 0) is 15.9 Å². The van der Waals surface area contributed by atoms with Crippen LogP contribution in [0.15, 0.2) is 10.7 Å². The summed E-state index contributed by atoms with van der Waals surface area (Å²) in [4.78, 5) is 23.0. The van der Waals surface area contributed by atoms with E-state index in [1.165, 1.54) is 13.4 Å². The van der Waals surface area contributed by atoms with Crippen LogP contribution in [0.5, 0.6) is 0 Å². The van der Waals surface area contributed by atoms with E-state index in [-0.39, 0.29) is 17.7 Å². The maximum absolute atomic E-state index is 11.6. The van der Waals surface area contributed by atoms with Crippen molar-refractivity contribution in [2.24, 2.45) is 0 Å². The second-order valence-corrected chi connectivity index (χ2v) is 3.01. The standard InChI is InChI=1S/C11H14O5/c1-4-8-9(11(13)15-5-2)7(6-16-8)10(12)14-3/h6H,4-5H2,1-3H3. The van der Waals surface area contributed by atoms with Gasteiger partial charge in [0.2, 0.25) is 0 Å². The number of hydrogen-bond acceptors (Lipinski definition) is 5. The lowest BCUT2D eigenvalue weighted by atomic mass is 10.1. The first-order chi connectivity index (χ1) is 7.65. The summed E-state index contributed by atoms with van der Waals surface area (Å²) in [5.74, 6) is -0.737. The molecule has 16 heavy (non-hydrogen) atoms. The summed E-state index contributed by atoms with van der Waals surface area (Å²) in [6.07, 6.45) is 1.72. The van der Waals surface area contributed by atoms with Gasteiger partial charge < -0.3 is 13.9 Å². The Morgan fingerprint density at radius 2 is 2.00 bits per heavy atom. The third-order valence-electron chi connectivity index (χ3n) is 2.07. The molecule has 0 radical (unpaired) electrons. The van der Waals surface area contributed by atoms with E-state index >= 15 is 0 Å². The summed E-state index contributed by atoms with van der Waals surface area (Å²) in [5.41, 5.74) is 0.272.